The molecule has 0 aliphatic heterocycles. The zero-order valence-corrected chi connectivity index (χ0v) is 9.93. The lowest BCUT2D eigenvalue weighted by atomic mass is 10.0. The molecule has 16 heavy (non-hydrogen) atoms. The van der Waals surface area contributed by atoms with Crippen LogP contribution in [0.1, 0.15) is 17.2 Å². The number of halogens is 2. The second kappa shape index (κ2) is 4.95. The van der Waals surface area contributed by atoms with Crippen LogP contribution in [-0.2, 0) is 6.42 Å². The molecule has 1 nitrogen and oxygen atoms in total. The summed E-state index contributed by atoms with van der Waals surface area (Å²) in [6.07, 6.45) is -0.126. The van der Waals surface area contributed by atoms with E-state index in [1.807, 2.05) is 16.8 Å². The fourth-order valence-electron chi connectivity index (χ4n) is 1.47. The quantitative estimate of drug-likeness (QED) is 0.885. The summed E-state index contributed by atoms with van der Waals surface area (Å²) in [7, 11) is 0. The summed E-state index contributed by atoms with van der Waals surface area (Å²) < 4.78 is 12.9. The van der Waals surface area contributed by atoms with Crippen LogP contribution in [0.15, 0.2) is 35.0 Å². The third-order valence-corrected chi connectivity index (χ3v) is 3.36. The number of benzene rings is 1. The van der Waals surface area contributed by atoms with Crippen molar-refractivity contribution in [2.24, 2.45) is 0 Å². The highest BCUT2D eigenvalue weighted by molar-refractivity contribution is 7.07. The summed E-state index contributed by atoms with van der Waals surface area (Å²) in [5, 5.41) is 13.9. The van der Waals surface area contributed by atoms with E-state index in [0.717, 1.165) is 5.56 Å². The molecule has 0 saturated carbocycles. The molecule has 1 N–H and O–H groups in total. The molecule has 1 aromatic carbocycles. The van der Waals surface area contributed by atoms with E-state index in [2.05, 4.69) is 0 Å². The van der Waals surface area contributed by atoms with E-state index in [-0.39, 0.29) is 5.02 Å². The van der Waals surface area contributed by atoms with E-state index in [1.165, 1.54) is 12.1 Å². The monoisotopic (exact) mass is 256 g/mol. The second-order valence-corrected chi connectivity index (χ2v) is 4.71. The molecular weight excluding hydrogens is 247 g/mol. The minimum absolute atomic E-state index is 0.0434. The Balaban J connectivity index is 2.14. The molecule has 4 heteroatoms. The van der Waals surface area contributed by atoms with Crippen molar-refractivity contribution < 1.29 is 9.50 Å². The van der Waals surface area contributed by atoms with E-state index >= 15 is 0 Å². The maximum absolute atomic E-state index is 12.9. The Kier molecular flexibility index (Phi) is 3.59. The Morgan fingerprint density at radius 1 is 1.38 bits per heavy atom. The van der Waals surface area contributed by atoms with Gasteiger partial charge in [0.1, 0.15) is 5.82 Å². The molecule has 0 fully saturated rings. The van der Waals surface area contributed by atoms with Gasteiger partial charge in [0.05, 0.1) is 11.1 Å². The van der Waals surface area contributed by atoms with Crippen molar-refractivity contribution in [2.75, 3.05) is 0 Å². The highest BCUT2D eigenvalue weighted by Crippen LogP contribution is 2.24. The molecule has 0 aliphatic carbocycles. The van der Waals surface area contributed by atoms with Gasteiger partial charge in [0.2, 0.25) is 0 Å². The average Bonchev–Trinajstić information content (AvgIpc) is 2.74. The standard InChI is InChI=1S/C12H10ClFOS/c13-10-6-9(1-2-11(10)14)12(15)5-8-3-4-16-7-8/h1-4,6-7,12,15H,5H2. The molecule has 2 aromatic rings. The molecule has 2 rings (SSSR count). The van der Waals surface area contributed by atoms with Gasteiger partial charge in [-0.1, -0.05) is 17.7 Å². The topological polar surface area (TPSA) is 20.2 Å². The van der Waals surface area contributed by atoms with Gasteiger partial charge in [-0.05, 0) is 40.1 Å². The average molecular weight is 257 g/mol. The molecule has 1 heterocycles. The van der Waals surface area contributed by atoms with Crippen LogP contribution in [0.3, 0.4) is 0 Å². The fraction of sp³-hybridized carbons (Fsp3) is 0.167. The normalized spacial score (nSPS) is 12.7. The van der Waals surface area contributed by atoms with Crippen molar-refractivity contribution in [2.45, 2.75) is 12.5 Å². The van der Waals surface area contributed by atoms with Crippen molar-refractivity contribution in [1.82, 2.24) is 0 Å². The number of thiophene rings is 1. The number of aliphatic hydroxyl groups excluding tert-OH is 1. The largest absolute Gasteiger partial charge is 0.388 e. The van der Waals surface area contributed by atoms with E-state index in [0.29, 0.717) is 12.0 Å². The van der Waals surface area contributed by atoms with Crippen LogP contribution >= 0.6 is 22.9 Å². The Morgan fingerprint density at radius 3 is 2.81 bits per heavy atom. The third-order valence-electron chi connectivity index (χ3n) is 2.34. The van der Waals surface area contributed by atoms with Gasteiger partial charge >= 0.3 is 0 Å². The van der Waals surface area contributed by atoms with Crippen LogP contribution in [0.25, 0.3) is 0 Å². The predicted molar refractivity (Wildman–Crippen MR) is 64.4 cm³/mol. The zero-order valence-electron chi connectivity index (χ0n) is 8.36. The fourth-order valence-corrected chi connectivity index (χ4v) is 2.34. The summed E-state index contributed by atoms with van der Waals surface area (Å²) in [6.45, 7) is 0. The maximum Gasteiger partial charge on any atom is 0.141 e. The van der Waals surface area contributed by atoms with E-state index in [1.54, 1.807) is 17.4 Å². The van der Waals surface area contributed by atoms with Gasteiger partial charge in [-0.3, -0.25) is 0 Å². The van der Waals surface area contributed by atoms with Crippen molar-refractivity contribution in [3.63, 3.8) is 0 Å². The number of hydrogen-bond acceptors (Lipinski definition) is 2. The highest BCUT2D eigenvalue weighted by atomic mass is 35.5. The number of hydrogen-bond donors (Lipinski definition) is 1. The van der Waals surface area contributed by atoms with Crippen LogP contribution < -0.4 is 0 Å². The van der Waals surface area contributed by atoms with Gasteiger partial charge in [-0.2, -0.15) is 11.3 Å². The molecule has 1 aromatic heterocycles. The molecule has 0 bridgehead atoms. The second-order valence-electron chi connectivity index (χ2n) is 3.53. The highest BCUT2D eigenvalue weighted by Gasteiger charge is 2.10. The summed E-state index contributed by atoms with van der Waals surface area (Å²) in [4.78, 5) is 0. The molecule has 1 unspecified atom stereocenters. The lowest BCUT2D eigenvalue weighted by molar-refractivity contribution is 0.178. The molecular formula is C12H10ClFOS. The lowest BCUT2D eigenvalue weighted by Gasteiger charge is -2.10. The minimum atomic E-state index is -0.646. The first-order valence-corrected chi connectivity index (χ1v) is 6.13. The van der Waals surface area contributed by atoms with Gasteiger partial charge in [-0.25, -0.2) is 4.39 Å². The lowest BCUT2D eigenvalue weighted by Crippen LogP contribution is -2.01. The summed E-state index contributed by atoms with van der Waals surface area (Å²) in [5.74, 6) is -0.465. The van der Waals surface area contributed by atoms with Gasteiger partial charge in [0.25, 0.3) is 0 Å². The SMILES string of the molecule is OC(Cc1ccsc1)c1ccc(F)c(Cl)c1. The molecule has 84 valence electrons. The van der Waals surface area contributed by atoms with Crippen molar-refractivity contribution >= 4 is 22.9 Å². The van der Waals surface area contributed by atoms with E-state index in [4.69, 9.17) is 11.6 Å². The summed E-state index contributed by atoms with van der Waals surface area (Å²) in [6, 6.07) is 6.25. The Hall–Kier alpha value is -0.900. The zero-order chi connectivity index (χ0) is 11.5. The molecule has 0 radical (unpaired) electrons. The van der Waals surface area contributed by atoms with Crippen molar-refractivity contribution in [1.29, 1.82) is 0 Å². The molecule has 0 amide bonds. The van der Waals surface area contributed by atoms with Crippen molar-refractivity contribution in [3.05, 3.63) is 57.0 Å². The van der Waals surface area contributed by atoms with E-state index in [9.17, 15) is 9.50 Å². The first kappa shape index (κ1) is 11.6. The smallest absolute Gasteiger partial charge is 0.141 e. The molecule has 1 atom stereocenters. The van der Waals surface area contributed by atoms with Crippen molar-refractivity contribution in [3.8, 4) is 0 Å². The van der Waals surface area contributed by atoms with Crippen LogP contribution in [-0.4, -0.2) is 5.11 Å². The summed E-state index contributed by atoms with van der Waals surface area (Å²) >= 11 is 7.24. The Labute approximate surface area is 102 Å². The van der Waals surface area contributed by atoms with Crippen LogP contribution in [0.4, 0.5) is 4.39 Å². The molecule has 0 aliphatic rings. The van der Waals surface area contributed by atoms with Crippen LogP contribution in [0, 0.1) is 5.82 Å². The van der Waals surface area contributed by atoms with Gasteiger partial charge < -0.3 is 5.11 Å². The third kappa shape index (κ3) is 2.61. The first-order valence-electron chi connectivity index (χ1n) is 4.81. The maximum atomic E-state index is 12.9. The van der Waals surface area contributed by atoms with Gasteiger partial charge in [-0.15, -0.1) is 0 Å². The van der Waals surface area contributed by atoms with Gasteiger partial charge in [0.15, 0.2) is 0 Å². The van der Waals surface area contributed by atoms with E-state index < -0.39 is 11.9 Å². The Morgan fingerprint density at radius 2 is 2.19 bits per heavy atom. The molecule has 0 spiro atoms. The van der Waals surface area contributed by atoms with Crippen LogP contribution in [0.5, 0.6) is 0 Å². The Bertz CT molecular complexity index is 470. The van der Waals surface area contributed by atoms with Crippen LogP contribution in [0.2, 0.25) is 5.02 Å². The minimum Gasteiger partial charge on any atom is -0.388 e. The summed E-state index contributed by atoms with van der Waals surface area (Å²) in [5.41, 5.74) is 1.70. The van der Waals surface area contributed by atoms with Gasteiger partial charge in [0, 0.05) is 6.42 Å². The first-order chi connectivity index (χ1) is 7.66. The number of rotatable bonds is 3. The number of aliphatic hydroxyl groups is 1. The predicted octanol–water partition coefficient (Wildman–Crippen LogP) is 3.82. The molecule has 0 saturated heterocycles.